The van der Waals surface area contributed by atoms with Crippen LogP contribution in [0, 0.1) is 0 Å². The first-order chi connectivity index (χ1) is 41.1. The molecule has 0 aliphatic carbocycles. The number of ether oxygens (including phenoxy) is 1. The first kappa shape index (κ1) is 65.9. The molecule has 86 heavy (non-hydrogen) atoms. The number of nitrogens with zero attached hydrogens (tertiary/aromatic N) is 2. The average molecular weight is 1200 g/mol. The Morgan fingerprint density at radius 3 is 1.85 bits per heavy atom. The summed E-state index contributed by atoms with van der Waals surface area (Å²) in [4.78, 5) is 103. The van der Waals surface area contributed by atoms with Crippen molar-refractivity contribution >= 4 is 41.4 Å². The number of amides is 7. The van der Waals surface area contributed by atoms with Crippen LogP contribution in [0.25, 0.3) is 22.3 Å². The summed E-state index contributed by atoms with van der Waals surface area (Å²) in [7, 11) is 0. The summed E-state index contributed by atoms with van der Waals surface area (Å²) in [5.74, 6) is -7.47. The first-order valence-electron chi connectivity index (χ1n) is 28.9. The van der Waals surface area contributed by atoms with Crippen LogP contribution in [0.2, 0.25) is 0 Å². The number of phenols is 1. The standard InChI is InChI=1S/C60H80N10O16/c1-3-4-5-28-86-41-20-16-36(17-21-41)34-8-6-33(7-9-34)35-10-12-38(13-11-35)54(79)64-42-30-46(76)53(63-26-25-62)68-58(83)50-45(75)23-27-69(50)60(85)48(44(74)22-24-61)66-57(82)49(52(78)51(77)37-14-18-39(72)19-15-37)67-56(81)43-29-40(73)31-70(43)59(84)47(32(2)71)65-55(42)80/h6-21,32,40,42-53,63,71-78H,3-5,22-31,61-62H2,1-2H3,(H,64,79)(H,65,80)(H,66,82)(H,67,81)(H,68,83)/t32-,40-,42+,43+,44-,45+,46-,47+,48+,49+,50+,51+,52+,53+/m1/s1. The summed E-state index contributed by atoms with van der Waals surface area (Å²) in [6.07, 6.45) is -12.9. The summed E-state index contributed by atoms with van der Waals surface area (Å²) >= 11 is 0. The molecule has 3 fully saturated rings. The van der Waals surface area contributed by atoms with E-state index < -0.39 is 146 Å². The van der Waals surface area contributed by atoms with Crippen LogP contribution < -0.4 is 48.1 Å². The minimum Gasteiger partial charge on any atom is -0.508 e. The predicted molar refractivity (Wildman–Crippen MR) is 312 cm³/mol. The van der Waals surface area contributed by atoms with Crippen LogP contribution in [0.15, 0.2) is 97.1 Å². The number of rotatable bonds is 19. The normalized spacial score (nSPS) is 25.9. The van der Waals surface area contributed by atoms with Crippen molar-refractivity contribution in [2.45, 2.75) is 144 Å². The number of nitrogens with one attached hydrogen (secondary N) is 6. The molecule has 7 rings (SSSR count). The molecule has 3 aliphatic heterocycles. The van der Waals surface area contributed by atoms with Gasteiger partial charge >= 0.3 is 0 Å². The Bertz CT molecular complexity index is 2940. The molecule has 14 atom stereocenters. The lowest BCUT2D eigenvalue weighted by Gasteiger charge is -2.35. The Hall–Kier alpha value is -7.63. The van der Waals surface area contributed by atoms with E-state index in [2.05, 4.69) is 38.8 Å². The van der Waals surface area contributed by atoms with Crippen molar-refractivity contribution in [3.05, 3.63) is 108 Å². The molecule has 7 amide bonds. The van der Waals surface area contributed by atoms with Crippen molar-refractivity contribution in [1.82, 2.24) is 41.7 Å². The maximum atomic E-state index is 14.7. The highest BCUT2D eigenvalue weighted by Crippen LogP contribution is 2.29. The minimum atomic E-state index is -2.30. The van der Waals surface area contributed by atoms with E-state index in [0.29, 0.717) is 6.61 Å². The third-order valence-corrected chi connectivity index (χ3v) is 15.6. The van der Waals surface area contributed by atoms with Crippen molar-refractivity contribution in [2.75, 3.05) is 39.3 Å². The highest BCUT2D eigenvalue weighted by Gasteiger charge is 2.49. The molecule has 466 valence electrons. The van der Waals surface area contributed by atoms with E-state index >= 15 is 0 Å². The molecule has 0 saturated carbocycles. The van der Waals surface area contributed by atoms with Gasteiger partial charge in [-0.1, -0.05) is 80.4 Å². The number of aromatic hydroxyl groups is 1. The molecule has 18 N–H and O–H groups in total. The van der Waals surface area contributed by atoms with Gasteiger partial charge in [0, 0.05) is 44.6 Å². The number of fused-ring (bicyclic) bond motifs is 2. The summed E-state index contributed by atoms with van der Waals surface area (Å²) in [6.45, 7) is 2.59. The molecule has 0 aromatic heterocycles. The van der Waals surface area contributed by atoms with Crippen molar-refractivity contribution in [3.8, 4) is 33.8 Å². The summed E-state index contributed by atoms with van der Waals surface area (Å²) in [5, 5.41) is 105. The molecule has 3 saturated heterocycles. The van der Waals surface area contributed by atoms with Crippen LogP contribution in [-0.2, 0) is 28.8 Å². The number of benzene rings is 4. The van der Waals surface area contributed by atoms with E-state index in [-0.39, 0.29) is 55.9 Å². The number of hydrogen-bond donors (Lipinski definition) is 16. The number of carbonyl (C=O) groups is 7. The molecule has 4 aromatic carbocycles. The van der Waals surface area contributed by atoms with Gasteiger partial charge in [0.25, 0.3) is 5.91 Å². The van der Waals surface area contributed by atoms with Crippen molar-refractivity contribution in [3.63, 3.8) is 0 Å². The van der Waals surface area contributed by atoms with Crippen molar-refractivity contribution in [2.24, 2.45) is 11.5 Å². The zero-order chi connectivity index (χ0) is 62.4. The van der Waals surface area contributed by atoms with Gasteiger partial charge in [-0.15, -0.1) is 0 Å². The van der Waals surface area contributed by atoms with Crippen molar-refractivity contribution < 1.29 is 79.2 Å². The quantitative estimate of drug-likeness (QED) is 0.0440. The number of aliphatic hydroxyl groups is 7. The molecular formula is C60H80N10O16. The number of unbranched alkanes of at least 4 members (excludes halogenated alkanes) is 2. The SMILES string of the molecule is CCCCCOc1ccc(-c2ccc(-c3ccc(C(=O)N[C@H]4C[C@@H](O)[C@@H](NCCN)NC(=O)[C@@H]5[C@@H](O)CCN5C(=O)[C@H]([C@H](O)CCN)NC(=O)[C@H]([C@H](O)[C@@H](O)c5ccc(O)cc5)NC(=O)[C@@H]5C[C@@H](O)CN5C(=O)[C@H]([C@@H](C)O)NC4=O)cc3)cc2)cc1. The van der Waals surface area contributed by atoms with E-state index in [1.54, 1.807) is 12.1 Å². The Balaban J connectivity index is 1.21. The van der Waals surface area contributed by atoms with Crippen LogP contribution in [-0.4, -0.2) is 210 Å². The molecule has 4 aromatic rings. The van der Waals surface area contributed by atoms with Crippen LogP contribution in [0.4, 0.5) is 0 Å². The van der Waals surface area contributed by atoms with Gasteiger partial charge in [0.2, 0.25) is 35.4 Å². The summed E-state index contributed by atoms with van der Waals surface area (Å²) in [6, 6.07) is 15.1. The van der Waals surface area contributed by atoms with Crippen LogP contribution >= 0.6 is 0 Å². The van der Waals surface area contributed by atoms with Crippen LogP contribution in [0.1, 0.15) is 80.8 Å². The van der Waals surface area contributed by atoms with E-state index in [1.807, 2.05) is 48.5 Å². The number of nitrogens with two attached hydrogens (primary N) is 2. The molecule has 0 radical (unpaired) electrons. The van der Waals surface area contributed by atoms with E-state index in [9.17, 15) is 74.4 Å². The Morgan fingerprint density at radius 1 is 0.674 bits per heavy atom. The minimum absolute atomic E-state index is 0.0445. The monoisotopic (exact) mass is 1200 g/mol. The second kappa shape index (κ2) is 30.6. The summed E-state index contributed by atoms with van der Waals surface area (Å²) in [5.41, 5.74) is 15.0. The van der Waals surface area contributed by atoms with E-state index in [0.717, 1.165) is 76.1 Å². The lowest BCUT2D eigenvalue weighted by molar-refractivity contribution is -0.148. The van der Waals surface area contributed by atoms with Gasteiger partial charge in [-0.05, 0) is 96.9 Å². The van der Waals surface area contributed by atoms with Gasteiger partial charge in [-0.2, -0.15) is 0 Å². The van der Waals surface area contributed by atoms with E-state index in [1.165, 1.54) is 24.3 Å². The molecular weight excluding hydrogens is 1120 g/mol. The Morgan fingerprint density at radius 2 is 1.26 bits per heavy atom. The second-order valence-electron chi connectivity index (χ2n) is 21.9. The molecule has 0 spiro atoms. The Labute approximate surface area is 497 Å². The Kier molecular flexibility index (Phi) is 23.5. The smallest absolute Gasteiger partial charge is 0.251 e. The zero-order valence-electron chi connectivity index (χ0n) is 47.9. The molecule has 3 aliphatic rings. The second-order valence-corrected chi connectivity index (χ2v) is 21.9. The van der Waals surface area contributed by atoms with Gasteiger partial charge in [0.1, 0.15) is 66.1 Å². The average Bonchev–Trinajstić information content (AvgIpc) is 4.09. The topological polar surface area (TPSA) is 421 Å². The third-order valence-electron chi connectivity index (χ3n) is 15.6. The van der Waals surface area contributed by atoms with Crippen LogP contribution in [0.5, 0.6) is 11.5 Å². The zero-order valence-corrected chi connectivity index (χ0v) is 47.9. The van der Waals surface area contributed by atoms with Gasteiger partial charge < -0.3 is 93.4 Å². The fourth-order valence-electron chi connectivity index (χ4n) is 10.7. The highest BCUT2D eigenvalue weighted by molar-refractivity contribution is 6.00. The van der Waals surface area contributed by atoms with Gasteiger partial charge in [-0.3, -0.25) is 38.9 Å². The lowest BCUT2D eigenvalue weighted by atomic mass is 9.96. The highest BCUT2D eigenvalue weighted by atomic mass is 16.5. The number of hydrogen-bond acceptors (Lipinski definition) is 19. The van der Waals surface area contributed by atoms with Crippen molar-refractivity contribution in [1.29, 1.82) is 0 Å². The first-order valence-corrected chi connectivity index (χ1v) is 28.9. The lowest BCUT2D eigenvalue weighted by Crippen LogP contribution is -2.65. The maximum absolute atomic E-state index is 14.7. The number of phenolic OH excluding ortho intramolecular Hbond substituents is 1. The maximum Gasteiger partial charge on any atom is 0.251 e. The fourth-order valence-corrected chi connectivity index (χ4v) is 10.7. The number of aliphatic hydroxyl groups excluding tert-OH is 7. The number of carbonyl (C=O) groups excluding carboxylic acids is 7. The molecule has 26 nitrogen and oxygen atoms in total. The van der Waals surface area contributed by atoms with Gasteiger partial charge in [-0.25, -0.2) is 0 Å². The predicted octanol–water partition coefficient (Wildman–Crippen LogP) is -2.29. The van der Waals surface area contributed by atoms with Crippen LogP contribution in [0.3, 0.4) is 0 Å². The fraction of sp³-hybridized carbons (Fsp3) is 0.483. The molecule has 26 heteroatoms. The molecule has 3 heterocycles. The van der Waals surface area contributed by atoms with Gasteiger partial charge in [0.05, 0.1) is 37.1 Å². The third kappa shape index (κ3) is 16.5. The molecule has 0 unspecified atom stereocenters. The molecule has 0 bridgehead atoms. The largest absolute Gasteiger partial charge is 0.508 e. The van der Waals surface area contributed by atoms with Gasteiger partial charge in [0.15, 0.2) is 0 Å². The summed E-state index contributed by atoms with van der Waals surface area (Å²) < 4.78 is 5.86. The van der Waals surface area contributed by atoms with E-state index in [4.69, 9.17) is 16.2 Å².